The molecule has 14 heavy (non-hydrogen) atoms. The average molecular weight is 196 g/mol. The molecule has 0 saturated heterocycles. The Bertz CT molecular complexity index is 488. The lowest BCUT2D eigenvalue weighted by Gasteiger charge is -1.97. The van der Waals surface area contributed by atoms with Crippen molar-refractivity contribution in [3.63, 3.8) is 0 Å². The van der Waals surface area contributed by atoms with E-state index in [0.29, 0.717) is 16.5 Å². The van der Waals surface area contributed by atoms with Gasteiger partial charge >= 0.3 is 0 Å². The second kappa shape index (κ2) is 3.06. The number of fused-ring (bicyclic) bond motifs is 1. The van der Waals surface area contributed by atoms with Crippen molar-refractivity contribution in [1.29, 1.82) is 0 Å². The molecule has 0 saturated carbocycles. The van der Waals surface area contributed by atoms with Crippen LogP contribution in [0, 0.1) is 18.6 Å². The first-order chi connectivity index (χ1) is 6.63. The Morgan fingerprint density at radius 3 is 2.71 bits per heavy atom. The number of aromatic amines is 1. The van der Waals surface area contributed by atoms with Gasteiger partial charge in [0.2, 0.25) is 0 Å². The maximum absolute atomic E-state index is 13.4. The van der Waals surface area contributed by atoms with Gasteiger partial charge in [-0.2, -0.15) is 0 Å². The Hall–Kier alpha value is -1.42. The zero-order chi connectivity index (χ0) is 10.3. The number of hydrogen-bond donors (Lipinski definition) is 2. The Morgan fingerprint density at radius 1 is 1.36 bits per heavy atom. The van der Waals surface area contributed by atoms with Gasteiger partial charge in [0.05, 0.1) is 5.52 Å². The molecule has 3 N–H and O–H groups in total. The molecule has 2 aromatic rings. The summed E-state index contributed by atoms with van der Waals surface area (Å²) < 4.78 is 26.2. The third-order valence-electron chi connectivity index (χ3n) is 2.34. The van der Waals surface area contributed by atoms with Crippen molar-refractivity contribution in [2.24, 2.45) is 5.73 Å². The highest BCUT2D eigenvalue weighted by atomic mass is 19.1. The minimum Gasteiger partial charge on any atom is -0.358 e. The first-order valence-electron chi connectivity index (χ1n) is 4.29. The van der Waals surface area contributed by atoms with Crippen molar-refractivity contribution in [3.05, 3.63) is 35.0 Å². The third kappa shape index (κ3) is 1.19. The summed E-state index contributed by atoms with van der Waals surface area (Å²) in [5.41, 5.74) is 7.44. The monoisotopic (exact) mass is 196 g/mol. The number of hydrogen-bond acceptors (Lipinski definition) is 1. The van der Waals surface area contributed by atoms with Crippen LogP contribution in [0.15, 0.2) is 12.1 Å². The fourth-order valence-corrected chi connectivity index (χ4v) is 1.70. The summed E-state index contributed by atoms with van der Waals surface area (Å²) in [6, 6.07) is 2.14. The summed E-state index contributed by atoms with van der Waals surface area (Å²) >= 11 is 0. The van der Waals surface area contributed by atoms with E-state index in [9.17, 15) is 8.78 Å². The molecule has 0 aliphatic rings. The largest absolute Gasteiger partial charge is 0.358 e. The molecular formula is C10H10F2N2. The highest BCUT2D eigenvalue weighted by Gasteiger charge is 2.12. The van der Waals surface area contributed by atoms with Gasteiger partial charge < -0.3 is 10.7 Å². The highest BCUT2D eigenvalue weighted by molar-refractivity contribution is 5.85. The number of aryl methyl sites for hydroxylation is 1. The molecular weight excluding hydrogens is 186 g/mol. The third-order valence-corrected chi connectivity index (χ3v) is 2.34. The summed E-state index contributed by atoms with van der Waals surface area (Å²) in [7, 11) is 0. The fraction of sp³-hybridized carbons (Fsp3) is 0.200. The van der Waals surface area contributed by atoms with Gasteiger partial charge in [0, 0.05) is 23.7 Å². The maximum Gasteiger partial charge on any atom is 0.135 e. The molecule has 0 unspecified atom stereocenters. The average Bonchev–Trinajstić information content (AvgIpc) is 2.40. The molecule has 4 heteroatoms. The summed E-state index contributed by atoms with van der Waals surface area (Å²) in [6.45, 7) is 2.04. The molecule has 0 fully saturated rings. The number of H-pyrrole nitrogens is 1. The lowest BCUT2D eigenvalue weighted by Crippen LogP contribution is -1.97. The molecule has 0 atom stereocenters. The van der Waals surface area contributed by atoms with Gasteiger partial charge in [-0.3, -0.25) is 0 Å². The Kier molecular flexibility index (Phi) is 2.00. The van der Waals surface area contributed by atoms with E-state index in [-0.39, 0.29) is 6.54 Å². The summed E-state index contributed by atoms with van der Waals surface area (Å²) in [5, 5.41) is 0.395. The number of rotatable bonds is 1. The molecule has 0 bridgehead atoms. The predicted octanol–water partition coefficient (Wildman–Crippen LogP) is 2.21. The Labute approximate surface area is 79.7 Å². The van der Waals surface area contributed by atoms with E-state index in [1.54, 1.807) is 6.92 Å². The molecule has 74 valence electrons. The highest BCUT2D eigenvalue weighted by Crippen LogP contribution is 2.25. The number of halogens is 2. The van der Waals surface area contributed by atoms with Crippen LogP contribution < -0.4 is 5.73 Å². The van der Waals surface area contributed by atoms with E-state index in [4.69, 9.17) is 5.73 Å². The second-order valence-corrected chi connectivity index (χ2v) is 3.24. The number of nitrogens with one attached hydrogen (secondary N) is 1. The van der Waals surface area contributed by atoms with Crippen LogP contribution in [0.1, 0.15) is 11.3 Å². The van der Waals surface area contributed by atoms with E-state index >= 15 is 0 Å². The summed E-state index contributed by atoms with van der Waals surface area (Å²) in [6.07, 6.45) is 0. The van der Waals surface area contributed by atoms with Crippen LogP contribution in [0.4, 0.5) is 8.78 Å². The quantitative estimate of drug-likeness (QED) is 0.721. The first-order valence-corrected chi connectivity index (χ1v) is 4.29. The maximum atomic E-state index is 13.4. The van der Waals surface area contributed by atoms with Crippen molar-refractivity contribution in [1.82, 2.24) is 4.98 Å². The minimum atomic E-state index is -0.583. The van der Waals surface area contributed by atoms with Crippen LogP contribution in [-0.4, -0.2) is 4.98 Å². The first kappa shape index (κ1) is 9.15. The van der Waals surface area contributed by atoms with Crippen molar-refractivity contribution in [3.8, 4) is 0 Å². The van der Waals surface area contributed by atoms with Crippen LogP contribution in [0.5, 0.6) is 0 Å². The molecule has 0 radical (unpaired) electrons. The van der Waals surface area contributed by atoms with Gasteiger partial charge in [0.25, 0.3) is 0 Å². The van der Waals surface area contributed by atoms with E-state index in [0.717, 1.165) is 11.8 Å². The predicted molar refractivity (Wildman–Crippen MR) is 50.8 cm³/mol. The molecule has 0 aliphatic carbocycles. The molecule has 0 amide bonds. The molecule has 1 aromatic heterocycles. The van der Waals surface area contributed by atoms with Crippen molar-refractivity contribution < 1.29 is 8.78 Å². The van der Waals surface area contributed by atoms with Gasteiger partial charge in [-0.15, -0.1) is 0 Å². The zero-order valence-electron chi connectivity index (χ0n) is 7.70. The van der Waals surface area contributed by atoms with Crippen LogP contribution in [0.2, 0.25) is 0 Å². The van der Waals surface area contributed by atoms with Gasteiger partial charge in [-0.05, 0) is 18.6 Å². The van der Waals surface area contributed by atoms with Crippen LogP contribution in [0.25, 0.3) is 10.9 Å². The number of benzene rings is 1. The normalized spacial score (nSPS) is 11.1. The number of nitrogens with two attached hydrogens (primary N) is 1. The van der Waals surface area contributed by atoms with Gasteiger partial charge in [-0.1, -0.05) is 0 Å². The van der Waals surface area contributed by atoms with Crippen molar-refractivity contribution in [2.75, 3.05) is 0 Å². The van der Waals surface area contributed by atoms with Gasteiger partial charge in [0.1, 0.15) is 11.6 Å². The Morgan fingerprint density at radius 2 is 2.07 bits per heavy atom. The molecule has 0 aliphatic heterocycles. The number of aromatic nitrogens is 1. The van der Waals surface area contributed by atoms with Crippen LogP contribution in [0.3, 0.4) is 0 Å². The van der Waals surface area contributed by atoms with E-state index in [2.05, 4.69) is 4.98 Å². The second-order valence-electron chi connectivity index (χ2n) is 3.24. The standard InChI is InChI=1S/C10H10F2N2/c1-5-7(4-13)10-8(12)2-6(11)3-9(10)14-5/h2-3,14H,4,13H2,1H3. The molecule has 0 spiro atoms. The smallest absolute Gasteiger partial charge is 0.135 e. The lowest BCUT2D eigenvalue weighted by atomic mass is 10.1. The minimum absolute atomic E-state index is 0.244. The van der Waals surface area contributed by atoms with Crippen LogP contribution in [-0.2, 0) is 6.54 Å². The lowest BCUT2D eigenvalue weighted by molar-refractivity contribution is 0.591. The molecule has 2 nitrogen and oxygen atoms in total. The van der Waals surface area contributed by atoms with E-state index in [1.165, 1.54) is 6.07 Å². The van der Waals surface area contributed by atoms with E-state index in [1.807, 2.05) is 0 Å². The van der Waals surface area contributed by atoms with E-state index < -0.39 is 11.6 Å². The van der Waals surface area contributed by atoms with Crippen molar-refractivity contribution >= 4 is 10.9 Å². The Balaban J connectivity index is 2.88. The summed E-state index contributed by atoms with van der Waals surface area (Å²) in [5.74, 6) is -1.15. The van der Waals surface area contributed by atoms with Crippen molar-refractivity contribution in [2.45, 2.75) is 13.5 Å². The SMILES string of the molecule is Cc1[nH]c2cc(F)cc(F)c2c1CN. The van der Waals surface area contributed by atoms with Gasteiger partial charge in [-0.25, -0.2) is 8.78 Å². The molecule has 1 heterocycles. The summed E-state index contributed by atoms with van der Waals surface area (Å²) in [4.78, 5) is 2.90. The molecule has 1 aromatic carbocycles. The zero-order valence-corrected chi connectivity index (χ0v) is 7.70. The topological polar surface area (TPSA) is 41.8 Å². The van der Waals surface area contributed by atoms with Gasteiger partial charge in [0.15, 0.2) is 0 Å². The fourth-order valence-electron chi connectivity index (χ4n) is 1.70. The van der Waals surface area contributed by atoms with Crippen LogP contribution >= 0.6 is 0 Å². The molecule has 2 rings (SSSR count).